The first-order valence-electron chi connectivity index (χ1n) is 9.76. The van der Waals surface area contributed by atoms with Crippen LogP contribution in [0.4, 0.5) is 0 Å². The van der Waals surface area contributed by atoms with E-state index in [1.54, 1.807) is 0 Å². The van der Waals surface area contributed by atoms with Crippen LogP contribution in [0.5, 0.6) is 0 Å². The highest BCUT2D eigenvalue weighted by Crippen LogP contribution is 2.55. The Bertz CT molecular complexity index is 530. The average Bonchev–Trinajstić information content (AvgIpc) is 3.10. The highest BCUT2D eigenvalue weighted by molar-refractivity contribution is 5.16. The lowest BCUT2D eigenvalue weighted by atomic mass is 9.56. The summed E-state index contributed by atoms with van der Waals surface area (Å²) in [6.45, 7) is 1.21. The molecule has 3 aliphatic rings. The van der Waals surface area contributed by atoms with Gasteiger partial charge in [0.1, 0.15) is 36.6 Å². The Morgan fingerprint density at radius 3 is 1.28 bits per heavy atom. The Labute approximate surface area is 168 Å². The predicted octanol–water partition coefficient (Wildman–Crippen LogP) is -4.29. The van der Waals surface area contributed by atoms with E-state index in [2.05, 4.69) is 0 Å². The van der Waals surface area contributed by atoms with E-state index in [-0.39, 0.29) is 13.2 Å². The number of rotatable bonds is 4. The summed E-state index contributed by atoms with van der Waals surface area (Å²) in [5, 5.41) is 82.7. The quantitative estimate of drug-likeness (QED) is 0.218. The van der Waals surface area contributed by atoms with Crippen molar-refractivity contribution in [1.82, 2.24) is 0 Å². The SMILES string of the molecule is C[C@@H]1OC(C2(CO)COCC2(CO)C2O[C@@H](C)[C@@H](O)[C@@H](O)[C@@H]2O)[C@@H](O)[C@H](O)[C@@H]1O. The third-order valence-electron chi connectivity index (χ3n) is 7.07. The summed E-state index contributed by atoms with van der Waals surface area (Å²) in [5.74, 6) is 0. The van der Waals surface area contributed by atoms with Crippen LogP contribution in [0.15, 0.2) is 0 Å². The molecule has 3 rings (SSSR count). The maximum atomic E-state index is 10.6. The molecule has 0 aromatic carbocycles. The monoisotopic (exact) mass is 424 g/mol. The topological polar surface area (TPSA) is 190 Å². The van der Waals surface area contributed by atoms with E-state index in [1.807, 2.05) is 0 Å². The smallest absolute Gasteiger partial charge is 0.111 e. The summed E-state index contributed by atoms with van der Waals surface area (Å²) in [5.41, 5.74) is -3.10. The summed E-state index contributed by atoms with van der Waals surface area (Å²) in [7, 11) is 0. The first-order chi connectivity index (χ1) is 13.6. The van der Waals surface area contributed by atoms with Crippen LogP contribution in [0, 0.1) is 10.8 Å². The van der Waals surface area contributed by atoms with Gasteiger partial charge < -0.3 is 55.1 Å². The standard InChI is InChI=1S/C18H32O11/c1-7-9(21)11(23)13(25)15(28-7)17(3-19)5-27-6-18(17,4-20)16-14(26)12(24)10(22)8(2)29-16/h7-16,19-26H,3-6H2,1-2H3/t7-,8-,9+,10+,11+,12+,13-,14-,15?,16?,17?,18?/m0/s1. The van der Waals surface area contributed by atoms with Gasteiger partial charge in [-0.1, -0.05) is 0 Å². The van der Waals surface area contributed by atoms with Crippen molar-refractivity contribution in [1.29, 1.82) is 0 Å². The normalized spacial score (nSPS) is 56.5. The molecule has 0 radical (unpaired) electrons. The largest absolute Gasteiger partial charge is 0.396 e. The Morgan fingerprint density at radius 1 is 0.621 bits per heavy atom. The van der Waals surface area contributed by atoms with Gasteiger partial charge in [0, 0.05) is 0 Å². The van der Waals surface area contributed by atoms with E-state index in [9.17, 15) is 40.9 Å². The summed E-state index contributed by atoms with van der Waals surface area (Å²) in [6.07, 6.45) is -13.5. The second-order valence-corrected chi connectivity index (χ2v) is 8.59. The van der Waals surface area contributed by atoms with Crippen LogP contribution in [-0.4, -0.2) is 128 Å². The van der Waals surface area contributed by atoms with Gasteiger partial charge in [0.2, 0.25) is 0 Å². The molecule has 3 aliphatic heterocycles. The van der Waals surface area contributed by atoms with Crippen LogP contribution in [0.1, 0.15) is 13.8 Å². The van der Waals surface area contributed by atoms with E-state index in [4.69, 9.17) is 14.2 Å². The van der Waals surface area contributed by atoms with E-state index in [0.717, 1.165) is 0 Å². The van der Waals surface area contributed by atoms with Gasteiger partial charge in [0.05, 0.1) is 61.7 Å². The van der Waals surface area contributed by atoms with Crippen LogP contribution in [0.25, 0.3) is 0 Å². The number of hydrogen-bond donors (Lipinski definition) is 8. The zero-order valence-electron chi connectivity index (χ0n) is 16.4. The van der Waals surface area contributed by atoms with Gasteiger partial charge in [-0.15, -0.1) is 0 Å². The van der Waals surface area contributed by atoms with E-state index >= 15 is 0 Å². The lowest BCUT2D eigenvalue weighted by Gasteiger charge is -2.56. The number of aliphatic hydroxyl groups is 8. The molecule has 0 saturated carbocycles. The molecular weight excluding hydrogens is 392 g/mol. The molecule has 0 bridgehead atoms. The fourth-order valence-electron chi connectivity index (χ4n) is 5.04. The van der Waals surface area contributed by atoms with Gasteiger partial charge in [0.25, 0.3) is 0 Å². The zero-order chi connectivity index (χ0) is 21.7. The number of hydrogen-bond acceptors (Lipinski definition) is 11. The van der Waals surface area contributed by atoms with Crippen LogP contribution < -0.4 is 0 Å². The summed E-state index contributed by atoms with van der Waals surface area (Å²) in [6, 6.07) is 0. The van der Waals surface area contributed by atoms with E-state index < -0.39 is 85.1 Å². The molecule has 0 aliphatic carbocycles. The minimum Gasteiger partial charge on any atom is -0.396 e. The molecular formula is C18H32O11. The Hall–Kier alpha value is -0.440. The van der Waals surface area contributed by atoms with Crippen LogP contribution in [0.3, 0.4) is 0 Å². The molecule has 3 saturated heterocycles. The molecule has 170 valence electrons. The lowest BCUT2D eigenvalue weighted by molar-refractivity contribution is -0.302. The van der Waals surface area contributed by atoms with Gasteiger partial charge in [-0.2, -0.15) is 0 Å². The van der Waals surface area contributed by atoms with Crippen molar-refractivity contribution in [3.8, 4) is 0 Å². The average molecular weight is 424 g/mol. The summed E-state index contributed by atoms with van der Waals surface area (Å²) >= 11 is 0. The second-order valence-electron chi connectivity index (χ2n) is 8.59. The van der Waals surface area contributed by atoms with Crippen molar-refractivity contribution in [3.05, 3.63) is 0 Å². The van der Waals surface area contributed by atoms with Crippen molar-refractivity contribution < 1.29 is 55.1 Å². The van der Waals surface area contributed by atoms with Crippen molar-refractivity contribution in [2.45, 2.75) is 74.9 Å². The first-order valence-corrected chi connectivity index (χ1v) is 9.76. The summed E-state index contributed by atoms with van der Waals surface area (Å²) in [4.78, 5) is 0. The van der Waals surface area contributed by atoms with E-state index in [1.165, 1.54) is 13.8 Å². The molecule has 0 aromatic rings. The Balaban J connectivity index is 2.05. The Kier molecular flexibility index (Phi) is 6.60. The minimum atomic E-state index is -1.63. The molecule has 0 spiro atoms. The molecule has 0 amide bonds. The fourth-order valence-corrected chi connectivity index (χ4v) is 5.04. The fraction of sp³-hybridized carbons (Fsp3) is 1.00. The third-order valence-corrected chi connectivity index (χ3v) is 7.07. The third kappa shape index (κ3) is 3.24. The van der Waals surface area contributed by atoms with E-state index in [0.29, 0.717) is 0 Å². The lowest BCUT2D eigenvalue weighted by Crippen LogP contribution is -2.72. The highest BCUT2D eigenvalue weighted by atomic mass is 16.6. The maximum Gasteiger partial charge on any atom is 0.111 e. The molecule has 12 atom stereocenters. The molecule has 11 heteroatoms. The van der Waals surface area contributed by atoms with Crippen molar-refractivity contribution in [3.63, 3.8) is 0 Å². The summed E-state index contributed by atoms with van der Waals surface area (Å²) < 4.78 is 17.1. The minimum absolute atomic E-state index is 0.207. The van der Waals surface area contributed by atoms with Gasteiger partial charge in [-0.05, 0) is 13.8 Å². The Morgan fingerprint density at radius 2 is 0.966 bits per heavy atom. The van der Waals surface area contributed by atoms with Gasteiger partial charge >= 0.3 is 0 Å². The van der Waals surface area contributed by atoms with Gasteiger partial charge in [-0.3, -0.25) is 0 Å². The molecule has 3 fully saturated rings. The molecule has 29 heavy (non-hydrogen) atoms. The maximum absolute atomic E-state index is 10.6. The van der Waals surface area contributed by atoms with Gasteiger partial charge in [-0.25, -0.2) is 0 Å². The van der Waals surface area contributed by atoms with Crippen molar-refractivity contribution in [2.24, 2.45) is 10.8 Å². The first kappa shape index (κ1) is 23.2. The highest BCUT2D eigenvalue weighted by Gasteiger charge is 2.69. The molecule has 0 aromatic heterocycles. The molecule has 8 N–H and O–H groups in total. The molecule has 11 nitrogen and oxygen atoms in total. The van der Waals surface area contributed by atoms with Crippen LogP contribution >= 0.6 is 0 Å². The number of ether oxygens (including phenoxy) is 3. The molecule has 4 unspecified atom stereocenters. The number of aliphatic hydroxyl groups excluding tert-OH is 8. The van der Waals surface area contributed by atoms with Crippen molar-refractivity contribution >= 4 is 0 Å². The van der Waals surface area contributed by atoms with Gasteiger partial charge in [0.15, 0.2) is 0 Å². The molecule has 3 heterocycles. The predicted molar refractivity (Wildman–Crippen MR) is 94.6 cm³/mol. The van der Waals surface area contributed by atoms with Crippen LogP contribution in [0.2, 0.25) is 0 Å². The van der Waals surface area contributed by atoms with Crippen molar-refractivity contribution in [2.75, 3.05) is 26.4 Å². The van der Waals surface area contributed by atoms with Crippen LogP contribution in [-0.2, 0) is 14.2 Å². The zero-order valence-corrected chi connectivity index (χ0v) is 16.4. The second kappa shape index (κ2) is 8.24.